The lowest BCUT2D eigenvalue weighted by Crippen LogP contribution is -1.92. The molecule has 0 amide bonds. The van der Waals surface area contributed by atoms with Crippen LogP contribution in [-0.2, 0) is 0 Å². The Morgan fingerprint density at radius 2 is 2.07 bits per heavy atom. The van der Waals surface area contributed by atoms with Gasteiger partial charge >= 0.3 is 0 Å². The summed E-state index contributed by atoms with van der Waals surface area (Å²) < 4.78 is 1.32. The van der Waals surface area contributed by atoms with Crippen molar-refractivity contribution in [2.45, 2.75) is 0 Å². The third-order valence-corrected chi connectivity index (χ3v) is 3.82. The lowest BCUT2D eigenvalue weighted by atomic mass is 10.3. The molecule has 0 unspecified atom stereocenters. The van der Waals surface area contributed by atoms with Crippen LogP contribution in [0.15, 0.2) is 22.8 Å². The van der Waals surface area contributed by atoms with E-state index in [1.165, 1.54) is 12.1 Å². The van der Waals surface area contributed by atoms with E-state index in [0.29, 0.717) is 19.3 Å². The minimum absolute atomic E-state index is 0.0231. The molecule has 5 nitrogen and oxygen atoms in total. The third kappa shape index (κ3) is 2.07. The predicted molar refractivity (Wildman–Crippen MR) is 66.6 cm³/mol. The molecule has 1 heterocycles. The second-order valence-electron chi connectivity index (χ2n) is 2.74. The zero-order valence-electron chi connectivity index (χ0n) is 7.15. The van der Waals surface area contributed by atoms with Crippen molar-refractivity contribution in [3.05, 3.63) is 36.6 Å². The molecule has 0 aliphatic heterocycles. The van der Waals surface area contributed by atoms with Crippen molar-refractivity contribution in [1.29, 1.82) is 0 Å². The van der Waals surface area contributed by atoms with Gasteiger partial charge in [0.05, 0.1) is 16.0 Å². The smallest absolute Gasteiger partial charge is 0.258 e. The summed E-state index contributed by atoms with van der Waals surface area (Å²) >= 11 is 5.26. The maximum atomic E-state index is 10.5. The number of benzene rings is 1. The highest BCUT2D eigenvalue weighted by Gasteiger charge is 2.09. The Morgan fingerprint density at radius 3 is 2.73 bits per heavy atom. The zero-order chi connectivity index (χ0) is 11.0. The van der Waals surface area contributed by atoms with Crippen molar-refractivity contribution >= 4 is 55.2 Å². The van der Waals surface area contributed by atoms with Crippen LogP contribution in [0.25, 0.3) is 11.0 Å². The van der Waals surface area contributed by atoms with E-state index in [4.69, 9.17) is 0 Å². The molecule has 0 saturated heterocycles. The molecule has 0 fully saturated rings. The Labute approximate surface area is 106 Å². The number of hydrogen-bond donors (Lipinski definition) is 0. The Kier molecular flexibility index (Phi) is 2.83. The van der Waals surface area contributed by atoms with Crippen LogP contribution >= 0.6 is 38.5 Å². The maximum absolute atomic E-state index is 10.5. The van der Waals surface area contributed by atoms with Crippen molar-refractivity contribution in [3.8, 4) is 0 Å². The molecular weight excluding hydrogens is 377 g/mol. The van der Waals surface area contributed by atoms with Crippen LogP contribution in [0.3, 0.4) is 0 Å². The Hall–Kier alpha value is -0.830. The minimum atomic E-state index is -0.448. The molecule has 1 aromatic carbocycles. The van der Waals surface area contributed by atoms with Crippen LogP contribution in [0.5, 0.6) is 0 Å². The predicted octanol–water partition coefficient (Wildman–Crippen LogP) is 2.91. The normalized spacial score (nSPS) is 10.5. The molecule has 0 atom stereocenters. The van der Waals surface area contributed by atoms with Gasteiger partial charge in [0.15, 0.2) is 0 Å². The second-order valence-corrected chi connectivity index (χ2v) is 4.51. The third-order valence-electron chi connectivity index (χ3n) is 1.78. The number of fused-ring (bicyclic) bond motifs is 1. The highest BCUT2D eigenvalue weighted by Crippen LogP contribution is 2.22. The summed E-state index contributed by atoms with van der Waals surface area (Å²) in [6, 6.07) is 4.41. The van der Waals surface area contributed by atoms with E-state index in [2.05, 4.69) is 25.9 Å². The molecule has 0 aliphatic carbocycles. The molecule has 0 N–H and O–H groups in total. The fourth-order valence-corrected chi connectivity index (χ4v) is 1.77. The van der Waals surface area contributed by atoms with E-state index in [1.807, 2.05) is 22.6 Å². The van der Waals surface area contributed by atoms with Crippen LogP contribution in [0.1, 0.15) is 0 Å². The summed E-state index contributed by atoms with van der Waals surface area (Å²) in [6.07, 6.45) is 0. The Balaban J connectivity index is 2.72. The molecule has 15 heavy (non-hydrogen) atoms. The topological polar surface area (TPSA) is 68.9 Å². The monoisotopic (exact) mass is 379 g/mol. The van der Waals surface area contributed by atoms with Crippen LogP contribution in [-0.4, -0.2) is 14.9 Å². The van der Waals surface area contributed by atoms with Gasteiger partial charge < -0.3 is 0 Å². The summed E-state index contributed by atoms with van der Waals surface area (Å²) in [4.78, 5) is 18.5. The van der Waals surface area contributed by atoms with Gasteiger partial charge in [0.1, 0.15) is 8.30 Å². The van der Waals surface area contributed by atoms with Gasteiger partial charge in [-0.05, 0) is 44.6 Å². The molecule has 0 aliphatic rings. The van der Waals surface area contributed by atoms with E-state index in [1.54, 1.807) is 6.07 Å². The molecule has 0 saturated carbocycles. The number of non-ortho nitro benzene ring substituents is 1. The minimum Gasteiger partial charge on any atom is -0.258 e. The summed E-state index contributed by atoms with van der Waals surface area (Å²) in [5.41, 5.74) is 1.18. The number of nitro benzene ring substituents is 1. The molecule has 7 heteroatoms. The molecule has 2 rings (SSSR count). The first-order chi connectivity index (χ1) is 7.08. The van der Waals surface area contributed by atoms with Gasteiger partial charge in [-0.25, -0.2) is 9.97 Å². The number of nitro groups is 1. The first-order valence-electron chi connectivity index (χ1n) is 3.85. The molecule has 1 aromatic heterocycles. The molecule has 0 radical (unpaired) electrons. The van der Waals surface area contributed by atoms with E-state index >= 15 is 0 Å². The standard InChI is InChI=1S/C8H3BrIN3O2/c9-7-8(10)12-6-3-4(13(14)15)1-2-5(6)11-7/h1-3H. The average Bonchev–Trinajstić information content (AvgIpc) is 2.19. The Morgan fingerprint density at radius 1 is 1.33 bits per heavy atom. The fraction of sp³-hybridized carbons (Fsp3) is 0. The molecule has 0 bridgehead atoms. The van der Waals surface area contributed by atoms with E-state index in [-0.39, 0.29) is 5.69 Å². The second kappa shape index (κ2) is 3.97. The van der Waals surface area contributed by atoms with Crippen LogP contribution in [0.4, 0.5) is 5.69 Å². The molecule has 0 spiro atoms. The quantitative estimate of drug-likeness (QED) is 0.434. The van der Waals surface area contributed by atoms with Crippen LogP contribution < -0.4 is 0 Å². The van der Waals surface area contributed by atoms with Crippen molar-refractivity contribution in [1.82, 2.24) is 9.97 Å². The lowest BCUT2D eigenvalue weighted by molar-refractivity contribution is -0.384. The van der Waals surface area contributed by atoms with Gasteiger partial charge in [-0.15, -0.1) is 0 Å². The molecule has 76 valence electrons. The highest BCUT2D eigenvalue weighted by molar-refractivity contribution is 14.1. The van der Waals surface area contributed by atoms with E-state index < -0.39 is 4.92 Å². The van der Waals surface area contributed by atoms with E-state index in [0.717, 1.165) is 0 Å². The first-order valence-corrected chi connectivity index (χ1v) is 5.72. The Bertz CT molecular complexity index is 561. The summed E-state index contributed by atoms with van der Waals surface area (Å²) in [7, 11) is 0. The van der Waals surface area contributed by atoms with E-state index in [9.17, 15) is 10.1 Å². The van der Waals surface area contributed by atoms with Crippen molar-refractivity contribution in [3.63, 3.8) is 0 Å². The van der Waals surface area contributed by atoms with Gasteiger partial charge in [0.2, 0.25) is 0 Å². The van der Waals surface area contributed by atoms with Crippen LogP contribution in [0, 0.1) is 13.8 Å². The number of aromatic nitrogens is 2. The van der Waals surface area contributed by atoms with Gasteiger partial charge in [0.25, 0.3) is 5.69 Å². The average molecular weight is 380 g/mol. The number of hydrogen-bond acceptors (Lipinski definition) is 4. The number of halogens is 2. The summed E-state index contributed by atoms with van der Waals surface area (Å²) in [6.45, 7) is 0. The van der Waals surface area contributed by atoms with Gasteiger partial charge in [0, 0.05) is 12.1 Å². The maximum Gasteiger partial charge on any atom is 0.271 e. The molecule has 2 aromatic rings. The largest absolute Gasteiger partial charge is 0.271 e. The van der Waals surface area contributed by atoms with Gasteiger partial charge in [-0.3, -0.25) is 10.1 Å². The SMILES string of the molecule is O=[N+]([O-])c1ccc2nc(Br)c(I)nc2c1. The van der Waals surface area contributed by atoms with Crippen molar-refractivity contribution in [2.75, 3.05) is 0 Å². The first kappa shape index (κ1) is 10.7. The highest BCUT2D eigenvalue weighted by atomic mass is 127. The summed E-state index contributed by atoms with van der Waals surface area (Å²) in [5.74, 6) is 0. The van der Waals surface area contributed by atoms with Crippen LogP contribution in [0.2, 0.25) is 0 Å². The zero-order valence-corrected chi connectivity index (χ0v) is 10.9. The number of nitrogens with zero attached hydrogens (tertiary/aromatic N) is 3. The van der Waals surface area contributed by atoms with Gasteiger partial charge in [-0.1, -0.05) is 0 Å². The fourth-order valence-electron chi connectivity index (χ4n) is 1.11. The summed E-state index contributed by atoms with van der Waals surface area (Å²) in [5, 5.41) is 10.5. The molecular formula is C8H3BrIN3O2. The lowest BCUT2D eigenvalue weighted by Gasteiger charge is -1.99. The van der Waals surface area contributed by atoms with Crippen molar-refractivity contribution < 1.29 is 4.92 Å². The number of rotatable bonds is 1. The van der Waals surface area contributed by atoms with Crippen molar-refractivity contribution in [2.24, 2.45) is 0 Å². The van der Waals surface area contributed by atoms with Gasteiger partial charge in [-0.2, -0.15) is 0 Å².